The molecule has 0 spiro atoms. The maximum atomic E-state index is 10.2. The monoisotopic (exact) mass is 354 g/mol. The molecule has 1 aromatic carbocycles. The van der Waals surface area contributed by atoms with Crippen LogP contribution < -0.4 is 5.46 Å². The Kier molecular flexibility index (Phi) is 5.29. The molecular formula is C20H29BN3O2. The minimum Gasteiger partial charge on any atom is -0.427 e. The Balaban J connectivity index is 1.66. The fraction of sp³-hybridized carbons (Fsp3) is 0.550. The number of aliphatic hydroxyl groups is 1. The summed E-state index contributed by atoms with van der Waals surface area (Å²) in [7, 11) is 3.85. The average Bonchev–Trinajstić information content (AvgIpc) is 3.21. The van der Waals surface area contributed by atoms with Crippen molar-refractivity contribution in [2.75, 3.05) is 13.6 Å². The minimum absolute atomic E-state index is 0.397. The van der Waals surface area contributed by atoms with Crippen LogP contribution in [0.25, 0.3) is 11.3 Å². The molecule has 0 saturated carbocycles. The average molecular weight is 354 g/mol. The van der Waals surface area contributed by atoms with Crippen molar-refractivity contribution in [3.05, 3.63) is 36.3 Å². The second-order valence-electron chi connectivity index (χ2n) is 8.25. The predicted octanol–water partition coefficient (Wildman–Crippen LogP) is 2.65. The highest BCUT2D eigenvalue weighted by Gasteiger charge is 2.35. The van der Waals surface area contributed by atoms with E-state index in [0.717, 1.165) is 35.5 Å². The second-order valence-corrected chi connectivity index (χ2v) is 8.25. The number of benzene rings is 1. The molecule has 6 heteroatoms. The van der Waals surface area contributed by atoms with Crippen LogP contribution in [-0.2, 0) is 4.65 Å². The topological polar surface area (TPSA) is 61.4 Å². The fourth-order valence-electron chi connectivity index (χ4n) is 3.01. The van der Waals surface area contributed by atoms with E-state index in [2.05, 4.69) is 34.0 Å². The van der Waals surface area contributed by atoms with Crippen LogP contribution in [0.4, 0.5) is 0 Å². The molecule has 0 aliphatic carbocycles. The van der Waals surface area contributed by atoms with E-state index >= 15 is 0 Å². The molecule has 1 radical (unpaired) electrons. The van der Waals surface area contributed by atoms with Crippen molar-refractivity contribution in [3.8, 4) is 11.3 Å². The van der Waals surface area contributed by atoms with E-state index in [0.29, 0.717) is 6.04 Å². The van der Waals surface area contributed by atoms with Gasteiger partial charge in [0.15, 0.2) is 0 Å². The Morgan fingerprint density at radius 3 is 2.50 bits per heavy atom. The smallest absolute Gasteiger partial charge is 0.330 e. The molecule has 2 aromatic rings. The number of H-pyrrole nitrogens is 1. The van der Waals surface area contributed by atoms with E-state index in [1.807, 2.05) is 32.2 Å². The normalized spacial score (nSPS) is 19.1. The van der Waals surface area contributed by atoms with Gasteiger partial charge in [-0.05, 0) is 59.7 Å². The van der Waals surface area contributed by atoms with Gasteiger partial charge in [-0.2, -0.15) is 0 Å². The standard InChI is InChI=1S/C20H29BN3O2/c1-19(2,25)20(3,4)26-21-15-10-8-14(9-11-15)16-13-22-18(23-16)17-7-6-12-24(17)5/h8-11,13,17,25H,6-7,12H2,1-5H3,(H,22,23). The van der Waals surface area contributed by atoms with Crippen molar-refractivity contribution < 1.29 is 9.76 Å². The van der Waals surface area contributed by atoms with Crippen LogP contribution in [0.5, 0.6) is 0 Å². The third kappa shape index (κ3) is 4.03. The maximum absolute atomic E-state index is 10.2. The van der Waals surface area contributed by atoms with Crippen LogP contribution in [0, 0.1) is 0 Å². The van der Waals surface area contributed by atoms with Gasteiger partial charge in [0.1, 0.15) is 5.82 Å². The summed E-state index contributed by atoms with van der Waals surface area (Å²) in [4.78, 5) is 10.4. The number of imidazole rings is 1. The van der Waals surface area contributed by atoms with Crippen LogP contribution in [-0.4, -0.2) is 52.3 Å². The van der Waals surface area contributed by atoms with Gasteiger partial charge in [-0.25, -0.2) is 4.98 Å². The zero-order valence-electron chi connectivity index (χ0n) is 16.4. The lowest BCUT2D eigenvalue weighted by Gasteiger charge is -2.37. The summed E-state index contributed by atoms with van der Waals surface area (Å²) < 4.78 is 5.81. The van der Waals surface area contributed by atoms with Crippen molar-refractivity contribution in [2.45, 2.75) is 57.8 Å². The summed E-state index contributed by atoms with van der Waals surface area (Å²) in [6.07, 6.45) is 4.29. The van der Waals surface area contributed by atoms with Gasteiger partial charge in [0.25, 0.3) is 0 Å². The lowest BCUT2D eigenvalue weighted by molar-refractivity contribution is -0.0893. The van der Waals surface area contributed by atoms with Gasteiger partial charge in [0.05, 0.1) is 29.1 Å². The zero-order chi connectivity index (χ0) is 18.9. The molecular weight excluding hydrogens is 325 g/mol. The number of aromatic amines is 1. The third-order valence-electron chi connectivity index (χ3n) is 5.62. The molecule has 1 saturated heterocycles. The number of nitrogens with zero attached hydrogens (tertiary/aromatic N) is 2. The molecule has 2 heterocycles. The minimum atomic E-state index is -0.927. The Morgan fingerprint density at radius 1 is 1.23 bits per heavy atom. The van der Waals surface area contributed by atoms with Crippen LogP contribution in [0.2, 0.25) is 0 Å². The van der Waals surface area contributed by atoms with Crippen molar-refractivity contribution in [3.63, 3.8) is 0 Å². The third-order valence-corrected chi connectivity index (χ3v) is 5.62. The van der Waals surface area contributed by atoms with Crippen LogP contribution >= 0.6 is 0 Å². The van der Waals surface area contributed by atoms with E-state index in [1.165, 1.54) is 6.42 Å². The summed E-state index contributed by atoms with van der Waals surface area (Å²) in [5.74, 6) is 1.05. The van der Waals surface area contributed by atoms with Crippen molar-refractivity contribution in [1.29, 1.82) is 0 Å². The molecule has 0 amide bonds. The molecule has 3 rings (SSSR count). The van der Waals surface area contributed by atoms with Gasteiger partial charge in [-0.3, -0.25) is 4.90 Å². The Labute approximate surface area is 157 Å². The molecule has 5 nitrogen and oxygen atoms in total. The van der Waals surface area contributed by atoms with E-state index in [4.69, 9.17) is 4.65 Å². The lowest BCUT2D eigenvalue weighted by Crippen LogP contribution is -2.49. The maximum Gasteiger partial charge on any atom is 0.330 e. The van der Waals surface area contributed by atoms with Gasteiger partial charge in [-0.15, -0.1) is 0 Å². The number of likely N-dealkylation sites (tertiary alicyclic amines) is 1. The quantitative estimate of drug-likeness (QED) is 0.783. The summed E-state index contributed by atoms with van der Waals surface area (Å²) >= 11 is 0. The molecule has 1 aliphatic heterocycles. The Bertz CT molecular complexity index is 734. The Morgan fingerprint density at radius 2 is 1.92 bits per heavy atom. The van der Waals surface area contributed by atoms with Gasteiger partial charge in [0, 0.05) is 0 Å². The molecule has 1 unspecified atom stereocenters. The Hall–Kier alpha value is -1.63. The number of hydrogen-bond acceptors (Lipinski definition) is 4. The van der Waals surface area contributed by atoms with E-state index in [-0.39, 0.29) is 0 Å². The molecule has 26 heavy (non-hydrogen) atoms. The molecule has 0 bridgehead atoms. The SMILES string of the molecule is CN1CCCC1c1ncc(-c2ccc([B]OC(C)(C)C(C)(C)O)cc2)[nH]1. The summed E-state index contributed by atoms with van der Waals surface area (Å²) in [5.41, 5.74) is 1.50. The molecule has 2 N–H and O–H groups in total. The first kappa shape index (κ1) is 19.1. The van der Waals surface area contributed by atoms with Crippen molar-refractivity contribution in [2.24, 2.45) is 0 Å². The molecule has 1 aliphatic rings. The molecule has 1 aromatic heterocycles. The second kappa shape index (κ2) is 7.18. The number of nitrogens with one attached hydrogen (secondary N) is 1. The van der Waals surface area contributed by atoms with Crippen LogP contribution in [0.1, 0.15) is 52.4 Å². The summed E-state index contributed by atoms with van der Waals surface area (Å²) in [5, 5.41) is 10.2. The molecule has 139 valence electrons. The van der Waals surface area contributed by atoms with Crippen LogP contribution in [0.3, 0.4) is 0 Å². The van der Waals surface area contributed by atoms with Gasteiger partial charge < -0.3 is 14.7 Å². The number of rotatable bonds is 6. The molecule has 1 atom stereocenters. The van der Waals surface area contributed by atoms with Gasteiger partial charge in [-0.1, -0.05) is 29.7 Å². The first-order valence-corrected chi connectivity index (χ1v) is 9.26. The highest BCUT2D eigenvalue weighted by atomic mass is 16.5. The van der Waals surface area contributed by atoms with E-state index in [9.17, 15) is 5.11 Å². The first-order chi connectivity index (χ1) is 12.2. The van der Waals surface area contributed by atoms with Crippen molar-refractivity contribution >= 4 is 12.9 Å². The van der Waals surface area contributed by atoms with Gasteiger partial charge >= 0.3 is 7.48 Å². The first-order valence-electron chi connectivity index (χ1n) is 9.26. The van der Waals surface area contributed by atoms with Crippen molar-refractivity contribution in [1.82, 2.24) is 14.9 Å². The van der Waals surface area contributed by atoms with E-state index in [1.54, 1.807) is 21.3 Å². The number of aromatic nitrogens is 2. The zero-order valence-corrected chi connectivity index (χ0v) is 16.4. The summed E-state index contributed by atoms with van der Waals surface area (Å²) in [6, 6.07) is 8.54. The highest BCUT2D eigenvalue weighted by molar-refractivity contribution is 6.47. The lowest BCUT2D eigenvalue weighted by atomic mass is 9.82. The molecule has 1 fully saturated rings. The number of hydrogen-bond donors (Lipinski definition) is 2. The van der Waals surface area contributed by atoms with Crippen LogP contribution in [0.15, 0.2) is 30.5 Å². The van der Waals surface area contributed by atoms with Gasteiger partial charge in [0.2, 0.25) is 0 Å². The van der Waals surface area contributed by atoms with E-state index < -0.39 is 11.2 Å². The summed E-state index contributed by atoms with van der Waals surface area (Å²) in [6.45, 7) is 8.39. The fourth-order valence-corrected chi connectivity index (χ4v) is 3.01. The highest BCUT2D eigenvalue weighted by Crippen LogP contribution is 2.29. The largest absolute Gasteiger partial charge is 0.427 e. The predicted molar refractivity (Wildman–Crippen MR) is 105 cm³/mol.